The molecule has 2 aromatic carbocycles. The molecular weight excluding hydrogens is 376 g/mol. The van der Waals surface area contributed by atoms with E-state index in [9.17, 15) is 4.79 Å². The third kappa shape index (κ3) is 3.99. The number of aryl methyl sites for hydroxylation is 1. The number of nitrogens with zero attached hydrogens (tertiary/aromatic N) is 3. The number of anilines is 2. The minimum absolute atomic E-state index is 0.219. The van der Waals surface area contributed by atoms with Crippen LogP contribution in [0.2, 0.25) is 5.02 Å². The summed E-state index contributed by atoms with van der Waals surface area (Å²) in [5.41, 5.74) is 3.37. The number of hydrogen-bond acceptors (Lipinski definition) is 5. The number of hydrogen-bond donors (Lipinski definition) is 3. The highest BCUT2D eigenvalue weighted by atomic mass is 35.5. The average Bonchev–Trinajstić information content (AvgIpc) is 3.12. The molecule has 142 valence electrons. The number of halogens is 1. The number of aromatic amines is 1. The summed E-state index contributed by atoms with van der Waals surface area (Å²) in [7, 11) is 0. The van der Waals surface area contributed by atoms with Crippen LogP contribution in [0.3, 0.4) is 0 Å². The van der Waals surface area contributed by atoms with E-state index in [0.717, 1.165) is 16.8 Å². The molecule has 0 spiro atoms. The zero-order valence-electron chi connectivity index (χ0n) is 15.2. The fraction of sp³-hybridized carbons (Fsp3) is 0.150. The minimum Gasteiger partial charge on any atom is -0.379 e. The smallest absolute Gasteiger partial charge is 0.274 e. The molecule has 4 rings (SSSR count). The van der Waals surface area contributed by atoms with Gasteiger partial charge in [0.15, 0.2) is 0 Å². The number of nitrogens with one attached hydrogen (secondary N) is 3. The maximum absolute atomic E-state index is 12.4. The summed E-state index contributed by atoms with van der Waals surface area (Å²) in [4.78, 5) is 21.2. The Morgan fingerprint density at radius 1 is 1.04 bits per heavy atom. The molecule has 0 saturated heterocycles. The number of fused-ring (bicyclic) bond motifs is 1. The van der Waals surface area contributed by atoms with E-state index in [1.165, 1.54) is 10.6 Å². The molecule has 0 atom stereocenters. The molecule has 0 fully saturated rings. The first kappa shape index (κ1) is 18.1. The van der Waals surface area contributed by atoms with Crippen molar-refractivity contribution >= 4 is 29.0 Å². The normalized spacial score (nSPS) is 10.9. The molecule has 0 aliphatic carbocycles. The van der Waals surface area contributed by atoms with Gasteiger partial charge in [0.1, 0.15) is 0 Å². The molecule has 2 aromatic heterocycles. The van der Waals surface area contributed by atoms with Gasteiger partial charge >= 0.3 is 0 Å². The largest absolute Gasteiger partial charge is 0.379 e. The highest BCUT2D eigenvalue weighted by Gasteiger charge is 2.08. The Bertz CT molecular complexity index is 1170. The Morgan fingerprint density at radius 2 is 1.86 bits per heavy atom. The third-order valence-corrected chi connectivity index (χ3v) is 4.74. The van der Waals surface area contributed by atoms with Gasteiger partial charge in [0.05, 0.1) is 12.2 Å². The fourth-order valence-corrected chi connectivity index (χ4v) is 2.95. The van der Waals surface area contributed by atoms with Crippen molar-refractivity contribution in [3.8, 4) is 0 Å². The van der Waals surface area contributed by atoms with Crippen LogP contribution in [-0.2, 0) is 13.1 Å². The predicted octanol–water partition coefficient (Wildman–Crippen LogP) is 3.60. The lowest BCUT2D eigenvalue weighted by Crippen LogP contribution is -2.17. The molecule has 8 heteroatoms. The number of aromatic nitrogens is 4. The monoisotopic (exact) mass is 394 g/mol. The van der Waals surface area contributed by atoms with Gasteiger partial charge in [-0.15, -0.1) is 0 Å². The van der Waals surface area contributed by atoms with Gasteiger partial charge in [0, 0.05) is 23.3 Å². The first-order valence-corrected chi connectivity index (χ1v) is 9.23. The SMILES string of the molecule is Cc1ccc(NCc2cc(=O)n3[nH]c(NCc4ccccc4)nc3n2)cc1Cl. The van der Waals surface area contributed by atoms with E-state index >= 15 is 0 Å². The van der Waals surface area contributed by atoms with E-state index in [1.54, 1.807) is 0 Å². The molecule has 0 aliphatic rings. The van der Waals surface area contributed by atoms with Crippen molar-refractivity contribution in [2.75, 3.05) is 10.6 Å². The summed E-state index contributed by atoms with van der Waals surface area (Å²) in [6.07, 6.45) is 0. The van der Waals surface area contributed by atoms with Crippen molar-refractivity contribution in [2.45, 2.75) is 20.0 Å². The lowest BCUT2D eigenvalue weighted by Gasteiger charge is -2.07. The molecule has 7 nitrogen and oxygen atoms in total. The second-order valence-electron chi connectivity index (χ2n) is 6.45. The van der Waals surface area contributed by atoms with Crippen molar-refractivity contribution in [3.05, 3.63) is 86.8 Å². The molecule has 0 amide bonds. The van der Waals surface area contributed by atoms with Crippen molar-refractivity contribution in [1.29, 1.82) is 0 Å². The van der Waals surface area contributed by atoms with Crippen LogP contribution in [0.4, 0.5) is 11.6 Å². The number of benzene rings is 2. The van der Waals surface area contributed by atoms with Gasteiger partial charge in [-0.3, -0.25) is 9.89 Å². The van der Waals surface area contributed by atoms with E-state index in [2.05, 4.69) is 25.7 Å². The summed E-state index contributed by atoms with van der Waals surface area (Å²) < 4.78 is 1.32. The first-order valence-electron chi connectivity index (χ1n) is 8.85. The molecule has 4 aromatic rings. The van der Waals surface area contributed by atoms with Crippen LogP contribution in [0.5, 0.6) is 0 Å². The summed E-state index contributed by atoms with van der Waals surface area (Å²) in [5.74, 6) is 0.811. The summed E-state index contributed by atoms with van der Waals surface area (Å²) in [6.45, 7) is 2.94. The molecule has 3 N–H and O–H groups in total. The van der Waals surface area contributed by atoms with Gasteiger partial charge in [-0.2, -0.15) is 9.50 Å². The molecule has 28 heavy (non-hydrogen) atoms. The van der Waals surface area contributed by atoms with Crippen LogP contribution in [0.25, 0.3) is 5.78 Å². The van der Waals surface area contributed by atoms with Gasteiger partial charge < -0.3 is 10.6 Å². The van der Waals surface area contributed by atoms with Gasteiger partial charge in [-0.1, -0.05) is 48.0 Å². The van der Waals surface area contributed by atoms with Gasteiger partial charge in [0.2, 0.25) is 5.95 Å². The first-order chi connectivity index (χ1) is 13.6. The minimum atomic E-state index is -0.219. The zero-order chi connectivity index (χ0) is 19.5. The second-order valence-corrected chi connectivity index (χ2v) is 6.86. The van der Waals surface area contributed by atoms with Gasteiger partial charge in [-0.25, -0.2) is 4.98 Å². The van der Waals surface area contributed by atoms with Crippen molar-refractivity contribution in [3.63, 3.8) is 0 Å². The van der Waals surface area contributed by atoms with Crippen LogP contribution in [-0.4, -0.2) is 19.6 Å². The summed E-state index contributed by atoms with van der Waals surface area (Å²) in [5, 5.41) is 10.0. The molecule has 0 radical (unpaired) electrons. The number of rotatable bonds is 6. The topological polar surface area (TPSA) is 87.1 Å². The van der Waals surface area contributed by atoms with Crippen molar-refractivity contribution in [1.82, 2.24) is 19.6 Å². The summed E-state index contributed by atoms with van der Waals surface area (Å²) in [6, 6.07) is 17.2. The Hall–Kier alpha value is -3.32. The quantitative estimate of drug-likeness (QED) is 0.465. The van der Waals surface area contributed by atoms with E-state index in [1.807, 2.05) is 55.5 Å². The molecule has 0 unspecified atom stereocenters. The average molecular weight is 395 g/mol. The molecule has 0 aliphatic heterocycles. The lowest BCUT2D eigenvalue weighted by atomic mass is 10.2. The van der Waals surface area contributed by atoms with Crippen LogP contribution in [0, 0.1) is 6.92 Å². The van der Waals surface area contributed by atoms with E-state index < -0.39 is 0 Å². The molecular formula is C20H19ClN6O. The highest BCUT2D eigenvalue weighted by Crippen LogP contribution is 2.20. The fourth-order valence-electron chi connectivity index (χ4n) is 2.77. The van der Waals surface area contributed by atoms with Crippen molar-refractivity contribution in [2.24, 2.45) is 0 Å². The molecule has 0 bridgehead atoms. The van der Waals surface area contributed by atoms with Crippen molar-refractivity contribution < 1.29 is 0 Å². The Balaban J connectivity index is 1.49. The van der Waals surface area contributed by atoms with E-state index in [-0.39, 0.29) is 5.56 Å². The lowest BCUT2D eigenvalue weighted by molar-refractivity contribution is 0.874. The van der Waals surface area contributed by atoms with Crippen LogP contribution >= 0.6 is 11.6 Å². The Morgan fingerprint density at radius 3 is 2.64 bits per heavy atom. The van der Waals surface area contributed by atoms with Gasteiger partial charge in [-0.05, 0) is 30.2 Å². The van der Waals surface area contributed by atoms with Crippen LogP contribution in [0.1, 0.15) is 16.8 Å². The predicted molar refractivity (Wildman–Crippen MR) is 111 cm³/mol. The Kier molecular flexibility index (Phi) is 4.99. The highest BCUT2D eigenvalue weighted by molar-refractivity contribution is 6.31. The molecule has 0 saturated carbocycles. The van der Waals surface area contributed by atoms with E-state index in [4.69, 9.17) is 11.6 Å². The second kappa shape index (κ2) is 7.74. The zero-order valence-corrected chi connectivity index (χ0v) is 16.0. The third-order valence-electron chi connectivity index (χ3n) is 4.33. The van der Waals surface area contributed by atoms with Crippen LogP contribution < -0.4 is 16.2 Å². The molecule has 2 heterocycles. The van der Waals surface area contributed by atoms with E-state index in [0.29, 0.717) is 35.5 Å². The maximum atomic E-state index is 12.4. The maximum Gasteiger partial charge on any atom is 0.274 e. The Labute approximate surface area is 166 Å². The summed E-state index contributed by atoms with van der Waals surface area (Å²) >= 11 is 6.15. The number of H-pyrrole nitrogens is 1. The van der Waals surface area contributed by atoms with Crippen LogP contribution in [0.15, 0.2) is 59.4 Å². The van der Waals surface area contributed by atoms with Gasteiger partial charge in [0.25, 0.3) is 11.3 Å². The standard InChI is InChI=1S/C20H19ClN6O/c1-13-7-8-15(9-17(13)21)22-12-16-10-18(28)27-20(24-16)25-19(26-27)23-11-14-5-3-2-4-6-14/h2-10,22H,11-12H2,1H3,(H2,23,24,25,26).